The molecule has 27 heavy (non-hydrogen) atoms. The van der Waals surface area contributed by atoms with E-state index in [-0.39, 0.29) is 11.9 Å². The summed E-state index contributed by atoms with van der Waals surface area (Å²) in [4.78, 5) is 17.4. The first-order valence-corrected chi connectivity index (χ1v) is 10.1. The number of fused-ring (bicyclic) bond motifs is 1. The normalized spacial score (nSPS) is 23.5. The molecule has 0 saturated heterocycles. The summed E-state index contributed by atoms with van der Waals surface area (Å²) in [6.45, 7) is 6.76. The maximum atomic E-state index is 12.8. The van der Waals surface area contributed by atoms with Gasteiger partial charge >= 0.3 is 0 Å². The minimum absolute atomic E-state index is 0.0418. The van der Waals surface area contributed by atoms with Crippen LogP contribution in [0.15, 0.2) is 53.4 Å². The molecule has 0 fully saturated rings. The predicted octanol–water partition coefficient (Wildman–Crippen LogP) is 5.40. The van der Waals surface area contributed by atoms with E-state index >= 15 is 0 Å². The maximum Gasteiger partial charge on any atom is 0.252 e. The highest BCUT2D eigenvalue weighted by molar-refractivity contribution is 6.09. The van der Waals surface area contributed by atoms with Crippen molar-refractivity contribution >= 4 is 11.6 Å². The molecule has 1 unspecified atom stereocenters. The number of ether oxygens (including phenoxy) is 1. The second kappa shape index (κ2) is 11.4. The third-order valence-electron chi connectivity index (χ3n) is 4.61. The van der Waals surface area contributed by atoms with Crippen molar-refractivity contribution in [3.63, 3.8) is 0 Å². The number of amides is 1. The number of nitrogens with one attached hydrogen (secondary N) is 1. The fraction of sp³-hybridized carbons (Fsp3) is 0.478. The van der Waals surface area contributed by atoms with Crippen molar-refractivity contribution in [1.29, 1.82) is 0 Å². The van der Waals surface area contributed by atoms with E-state index in [9.17, 15) is 4.79 Å². The highest BCUT2D eigenvalue weighted by Crippen LogP contribution is 2.15. The van der Waals surface area contributed by atoms with E-state index in [4.69, 9.17) is 4.74 Å². The van der Waals surface area contributed by atoms with Gasteiger partial charge in [-0.1, -0.05) is 56.5 Å². The average Bonchev–Trinajstić information content (AvgIpc) is 2.66. The number of benzene rings is 1. The van der Waals surface area contributed by atoms with Crippen LogP contribution < -0.4 is 5.32 Å². The van der Waals surface area contributed by atoms with Crippen LogP contribution in [0.2, 0.25) is 0 Å². The third kappa shape index (κ3) is 7.05. The number of rotatable bonds is 2. The van der Waals surface area contributed by atoms with E-state index in [1.54, 1.807) is 0 Å². The minimum Gasteiger partial charge on any atom is -0.478 e. The molecule has 0 spiro atoms. The van der Waals surface area contributed by atoms with Gasteiger partial charge in [0.1, 0.15) is 0 Å². The zero-order valence-corrected chi connectivity index (χ0v) is 16.8. The Balaban J connectivity index is 2.36. The summed E-state index contributed by atoms with van der Waals surface area (Å²) in [5.41, 5.74) is 2.27. The number of carbonyl (C=O) groups excluding carboxylic acids is 1. The number of aliphatic imine (C=N–C) groups is 1. The summed E-state index contributed by atoms with van der Waals surface area (Å²) in [7, 11) is 0. The van der Waals surface area contributed by atoms with Gasteiger partial charge in [-0.15, -0.1) is 0 Å². The van der Waals surface area contributed by atoms with Crippen molar-refractivity contribution in [2.45, 2.75) is 65.3 Å². The van der Waals surface area contributed by atoms with E-state index in [0.717, 1.165) is 49.8 Å². The smallest absolute Gasteiger partial charge is 0.252 e. The summed E-state index contributed by atoms with van der Waals surface area (Å²) < 4.78 is 5.92. The quantitative estimate of drug-likeness (QED) is 0.759. The molecule has 0 bridgehead atoms. The highest BCUT2D eigenvalue weighted by Gasteiger charge is 2.15. The Kier molecular flexibility index (Phi) is 8.82. The molecule has 1 heterocycles. The van der Waals surface area contributed by atoms with Crippen molar-refractivity contribution in [1.82, 2.24) is 5.32 Å². The maximum absolute atomic E-state index is 12.8. The second-order valence-corrected chi connectivity index (χ2v) is 7.01. The SMILES string of the molecule is CC/C=C/C=C1\N=C(/C)c2ccccc2C(=O)NC(C)CCCCCCO1. The topological polar surface area (TPSA) is 50.7 Å². The van der Waals surface area contributed by atoms with E-state index in [1.807, 2.05) is 43.3 Å². The van der Waals surface area contributed by atoms with E-state index < -0.39 is 0 Å². The number of allylic oxidation sites excluding steroid dienone is 3. The third-order valence-corrected chi connectivity index (χ3v) is 4.61. The van der Waals surface area contributed by atoms with Crippen LogP contribution in [0.3, 0.4) is 0 Å². The van der Waals surface area contributed by atoms with Crippen LogP contribution in [0, 0.1) is 0 Å². The van der Waals surface area contributed by atoms with Gasteiger partial charge in [-0.05, 0) is 45.3 Å². The molecule has 0 aromatic heterocycles. The van der Waals surface area contributed by atoms with E-state index in [2.05, 4.69) is 30.2 Å². The van der Waals surface area contributed by atoms with Gasteiger partial charge in [0.05, 0.1) is 6.61 Å². The van der Waals surface area contributed by atoms with Gasteiger partial charge in [-0.3, -0.25) is 4.79 Å². The van der Waals surface area contributed by atoms with Crippen LogP contribution in [0.1, 0.15) is 75.2 Å². The molecule has 146 valence electrons. The zero-order chi connectivity index (χ0) is 19.5. The van der Waals surface area contributed by atoms with Crippen LogP contribution in [0.5, 0.6) is 0 Å². The molecule has 4 heteroatoms. The molecule has 1 aromatic carbocycles. The van der Waals surface area contributed by atoms with Gasteiger partial charge in [0.15, 0.2) is 0 Å². The minimum atomic E-state index is -0.0418. The molecule has 1 aromatic rings. The zero-order valence-electron chi connectivity index (χ0n) is 16.8. The van der Waals surface area contributed by atoms with Crippen molar-refractivity contribution in [3.8, 4) is 0 Å². The van der Waals surface area contributed by atoms with Gasteiger partial charge in [0.25, 0.3) is 5.91 Å². The summed E-state index contributed by atoms with van der Waals surface area (Å²) in [6.07, 6.45) is 12.3. The summed E-state index contributed by atoms with van der Waals surface area (Å²) in [5, 5.41) is 3.13. The monoisotopic (exact) mass is 368 g/mol. The molecule has 1 aliphatic rings. The first-order valence-electron chi connectivity index (χ1n) is 10.1. The van der Waals surface area contributed by atoms with Crippen LogP contribution >= 0.6 is 0 Å². The van der Waals surface area contributed by atoms with Crippen LogP contribution in [-0.4, -0.2) is 24.3 Å². The summed E-state index contributed by atoms with van der Waals surface area (Å²) in [5.74, 6) is 0.551. The molecule has 1 N–H and O–H groups in total. The molecule has 1 aliphatic heterocycles. The lowest BCUT2D eigenvalue weighted by Gasteiger charge is -2.15. The number of hydrogen-bond acceptors (Lipinski definition) is 3. The van der Waals surface area contributed by atoms with Crippen LogP contribution in [0.4, 0.5) is 0 Å². The van der Waals surface area contributed by atoms with Crippen LogP contribution in [0.25, 0.3) is 0 Å². The first-order chi connectivity index (χ1) is 13.1. The van der Waals surface area contributed by atoms with Gasteiger partial charge in [0.2, 0.25) is 5.88 Å². The molecule has 4 nitrogen and oxygen atoms in total. The predicted molar refractivity (Wildman–Crippen MR) is 112 cm³/mol. The standard InChI is InChI=1S/C23H32N2O2/c1-4-5-8-16-22-25-19(3)20-14-10-11-15-21(20)23(26)24-18(2)13-9-6-7-12-17-27-22/h5,8,10-11,14-16,18H,4,6-7,9,12-13,17H2,1-3H3,(H,24,26)/b8-5+,22-16+,25-19+. The fourth-order valence-electron chi connectivity index (χ4n) is 3.08. The lowest BCUT2D eigenvalue weighted by atomic mass is 10.0. The Morgan fingerprint density at radius 1 is 1.19 bits per heavy atom. The van der Waals surface area contributed by atoms with Crippen LogP contribution in [-0.2, 0) is 4.74 Å². The van der Waals surface area contributed by atoms with Crippen molar-refractivity contribution in [3.05, 3.63) is 59.5 Å². The highest BCUT2D eigenvalue weighted by atomic mass is 16.5. The molecule has 0 saturated carbocycles. The Morgan fingerprint density at radius 3 is 2.70 bits per heavy atom. The van der Waals surface area contributed by atoms with Gasteiger partial charge < -0.3 is 10.1 Å². The van der Waals surface area contributed by atoms with Crippen molar-refractivity contribution in [2.24, 2.45) is 4.99 Å². The number of nitrogens with zero attached hydrogens (tertiary/aromatic N) is 1. The second-order valence-electron chi connectivity index (χ2n) is 7.01. The molecule has 0 radical (unpaired) electrons. The molecule has 0 aliphatic carbocycles. The summed E-state index contributed by atoms with van der Waals surface area (Å²) in [6, 6.07) is 7.79. The van der Waals surface area contributed by atoms with Gasteiger partial charge in [-0.25, -0.2) is 4.99 Å². The molecular formula is C23H32N2O2. The Labute approximate surface area is 163 Å². The Hall–Kier alpha value is -2.36. The summed E-state index contributed by atoms with van der Waals surface area (Å²) >= 11 is 0. The fourth-order valence-corrected chi connectivity index (χ4v) is 3.08. The van der Waals surface area contributed by atoms with Crippen molar-refractivity contribution < 1.29 is 9.53 Å². The average molecular weight is 369 g/mol. The Bertz CT molecular complexity index is 704. The molecule has 1 atom stereocenters. The van der Waals surface area contributed by atoms with E-state index in [1.165, 1.54) is 0 Å². The lowest BCUT2D eigenvalue weighted by Crippen LogP contribution is -2.33. The lowest BCUT2D eigenvalue weighted by molar-refractivity contribution is 0.0937. The molecule has 1 amide bonds. The largest absolute Gasteiger partial charge is 0.478 e. The first kappa shape index (κ1) is 20.9. The van der Waals surface area contributed by atoms with Gasteiger partial charge in [0, 0.05) is 22.9 Å². The Morgan fingerprint density at radius 2 is 1.93 bits per heavy atom. The number of carbonyl (C=O) groups is 1. The number of hydrogen-bond donors (Lipinski definition) is 1. The molecule has 2 rings (SSSR count). The molecular weight excluding hydrogens is 336 g/mol. The van der Waals surface area contributed by atoms with E-state index in [0.29, 0.717) is 18.1 Å². The van der Waals surface area contributed by atoms with Crippen molar-refractivity contribution in [2.75, 3.05) is 6.61 Å². The van der Waals surface area contributed by atoms with Gasteiger partial charge in [-0.2, -0.15) is 0 Å².